The summed E-state index contributed by atoms with van der Waals surface area (Å²) in [5.74, 6) is 2.42. The summed E-state index contributed by atoms with van der Waals surface area (Å²) in [7, 11) is 2.06. The van der Waals surface area contributed by atoms with Crippen LogP contribution in [0.2, 0.25) is 0 Å². The lowest BCUT2D eigenvalue weighted by molar-refractivity contribution is 0.660. The minimum Gasteiger partial charge on any atom is -0.312 e. The van der Waals surface area contributed by atoms with Crippen LogP contribution >= 0.6 is 11.8 Å². The van der Waals surface area contributed by atoms with Crippen molar-refractivity contribution in [3.8, 4) is 0 Å². The second-order valence-corrected chi connectivity index (χ2v) is 5.56. The van der Waals surface area contributed by atoms with Gasteiger partial charge in [-0.25, -0.2) is 0 Å². The van der Waals surface area contributed by atoms with Gasteiger partial charge in [-0.15, -0.1) is 0 Å². The first-order chi connectivity index (χ1) is 8.31. The molecule has 0 aliphatic carbocycles. The molecule has 0 saturated heterocycles. The topological polar surface area (TPSA) is 12.0 Å². The van der Waals surface area contributed by atoms with Crippen LogP contribution < -0.4 is 5.32 Å². The third kappa shape index (κ3) is 5.13. The molecule has 1 N–H and O–H groups in total. The van der Waals surface area contributed by atoms with Gasteiger partial charge in [0.05, 0.1) is 0 Å². The van der Waals surface area contributed by atoms with E-state index in [1.54, 1.807) is 0 Å². The van der Waals surface area contributed by atoms with Crippen molar-refractivity contribution >= 4 is 11.8 Å². The summed E-state index contributed by atoms with van der Waals surface area (Å²) in [6.07, 6.45) is 3.67. The van der Waals surface area contributed by atoms with E-state index in [0.29, 0.717) is 6.04 Å². The lowest BCUT2D eigenvalue weighted by Crippen LogP contribution is -2.19. The van der Waals surface area contributed by atoms with Gasteiger partial charge in [0, 0.05) is 11.8 Å². The Kier molecular flexibility index (Phi) is 7.38. The summed E-state index contributed by atoms with van der Waals surface area (Å²) in [5, 5.41) is 3.43. The lowest BCUT2D eigenvalue weighted by Gasteiger charge is -2.17. The van der Waals surface area contributed by atoms with Crippen molar-refractivity contribution in [2.75, 3.05) is 18.6 Å². The van der Waals surface area contributed by atoms with E-state index in [0.717, 1.165) is 0 Å². The molecule has 1 unspecified atom stereocenters. The smallest absolute Gasteiger partial charge is 0.0409 e. The second-order valence-electron chi connectivity index (χ2n) is 4.41. The minimum absolute atomic E-state index is 0.489. The van der Waals surface area contributed by atoms with Gasteiger partial charge in [-0.3, -0.25) is 0 Å². The fraction of sp³-hybridized carbons (Fsp3) is 0.600. The third-order valence-corrected chi connectivity index (χ3v) is 4.14. The standard InChI is InChI=1S/C15H25NS/c1-4-7-13-8-6-9-14(11-13)15(16-3)12-17-10-5-2/h6,8-9,11,15-16H,4-5,7,10,12H2,1-3H3. The maximum absolute atomic E-state index is 3.43. The van der Waals surface area contributed by atoms with E-state index in [-0.39, 0.29) is 0 Å². The molecule has 0 bridgehead atoms. The molecule has 0 fully saturated rings. The lowest BCUT2D eigenvalue weighted by atomic mass is 10.0. The largest absolute Gasteiger partial charge is 0.312 e. The van der Waals surface area contributed by atoms with Gasteiger partial charge in [0.15, 0.2) is 0 Å². The van der Waals surface area contributed by atoms with Crippen molar-refractivity contribution in [1.82, 2.24) is 5.32 Å². The molecule has 1 aromatic carbocycles. The van der Waals surface area contributed by atoms with Crippen LogP contribution in [0, 0.1) is 0 Å². The number of hydrogen-bond donors (Lipinski definition) is 1. The van der Waals surface area contributed by atoms with Crippen LogP contribution in [-0.2, 0) is 6.42 Å². The Morgan fingerprint density at radius 3 is 2.71 bits per heavy atom. The Bertz CT molecular complexity index is 312. The fourth-order valence-electron chi connectivity index (χ4n) is 1.95. The van der Waals surface area contributed by atoms with Crippen molar-refractivity contribution in [2.24, 2.45) is 0 Å². The van der Waals surface area contributed by atoms with E-state index in [1.807, 2.05) is 11.8 Å². The Labute approximate surface area is 110 Å². The summed E-state index contributed by atoms with van der Waals surface area (Å²) in [6, 6.07) is 9.52. The first kappa shape index (κ1) is 14.6. The maximum Gasteiger partial charge on any atom is 0.0409 e. The summed E-state index contributed by atoms with van der Waals surface area (Å²) in [5.41, 5.74) is 2.90. The van der Waals surface area contributed by atoms with E-state index < -0.39 is 0 Å². The summed E-state index contributed by atoms with van der Waals surface area (Å²) < 4.78 is 0. The second kappa shape index (κ2) is 8.60. The van der Waals surface area contributed by atoms with Crippen LogP contribution in [0.1, 0.15) is 43.9 Å². The van der Waals surface area contributed by atoms with E-state index >= 15 is 0 Å². The predicted octanol–water partition coefficient (Wildman–Crippen LogP) is 4.04. The van der Waals surface area contributed by atoms with E-state index in [9.17, 15) is 0 Å². The van der Waals surface area contributed by atoms with Gasteiger partial charge in [0.1, 0.15) is 0 Å². The monoisotopic (exact) mass is 251 g/mol. The van der Waals surface area contributed by atoms with Gasteiger partial charge in [0.25, 0.3) is 0 Å². The van der Waals surface area contributed by atoms with Crippen LogP contribution in [0.25, 0.3) is 0 Å². The zero-order valence-corrected chi connectivity index (χ0v) is 12.1. The van der Waals surface area contributed by atoms with Crippen molar-refractivity contribution in [1.29, 1.82) is 0 Å². The van der Waals surface area contributed by atoms with Crippen LogP contribution in [0.4, 0.5) is 0 Å². The molecular weight excluding hydrogens is 226 g/mol. The van der Waals surface area contributed by atoms with E-state index in [2.05, 4.69) is 50.5 Å². The fourth-order valence-corrected chi connectivity index (χ4v) is 3.00. The van der Waals surface area contributed by atoms with Crippen molar-refractivity contribution in [3.05, 3.63) is 35.4 Å². The molecule has 0 radical (unpaired) electrons. The number of rotatable bonds is 8. The Hall–Kier alpha value is -0.470. The molecule has 1 rings (SSSR count). The average Bonchev–Trinajstić information content (AvgIpc) is 2.35. The highest BCUT2D eigenvalue weighted by Crippen LogP contribution is 2.20. The summed E-state index contributed by atoms with van der Waals surface area (Å²) in [4.78, 5) is 0. The highest BCUT2D eigenvalue weighted by atomic mass is 32.2. The molecule has 1 aromatic rings. The van der Waals surface area contributed by atoms with E-state index in [1.165, 1.54) is 41.9 Å². The molecule has 1 nitrogen and oxygen atoms in total. The minimum atomic E-state index is 0.489. The van der Waals surface area contributed by atoms with Gasteiger partial charge in [-0.2, -0.15) is 11.8 Å². The number of benzene rings is 1. The Morgan fingerprint density at radius 2 is 2.06 bits per heavy atom. The summed E-state index contributed by atoms with van der Waals surface area (Å²) >= 11 is 2.04. The highest BCUT2D eigenvalue weighted by molar-refractivity contribution is 7.99. The molecular formula is C15H25NS. The molecule has 0 saturated carbocycles. The molecule has 96 valence electrons. The molecule has 17 heavy (non-hydrogen) atoms. The molecule has 0 heterocycles. The molecule has 0 amide bonds. The predicted molar refractivity (Wildman–Crippen MR) is 79.9 cm³/mol. The zero-order valence-electron chi connectivity index (χ0n) is 11.3. The molecule has 2 heteroatoms. The summed E-state index contributed by atoms with van der Waals surface area (Å²) in [6.45, 7) is 4.47. The maximum atomic E-state index is 3.43. The van der Waals surface area contributed by atoms with Crippen molar-refractivity contribution < 1.29 is 0 Å². The first-order valence-corrected chi connectivity index (χ1v) is 7.81. The zero-order chi connectivity index (χ0) is 12.5. The first-order valence-electron chi connectivity index (χ1n) is 6.65. The SMILES string of the molecule is CCCSCC(NC)c1cccc(CCC)c1. The van der Waals surface area contributed by atoms with Gasteiger partial charge in [-0.05, 0) is 36.8 Å². The third-order valence-electron chi connectivity index (χ3n) is 2.87. The molecule has 0 aliphatic rings. The van der Waals surface area contributed by atoms with Crippen LogP contribution in [0.15, 0.2) is 24.3 Å². The Balaban J connectivity index is 2.63. The molecule has 1 atom stereocenters. The average molecular weight is 251 g/mol. The number of thioether (sulfide) groups is 1. The van der Waals surface area contributed by atoms with Gasteiger partial charge >= 0.3 is 0 Å². The highest BCUT2D eigenvalue weighted by Gasteiger charge is 2.09. The number of hydrogen-bond acceptors (Lipinski definition) is 2. The van der Waals surface area contributed by atoms with Crippen LogP contribution in [0.5, 0.6) is 0 Å². The number of nitrogens with one attached hydrogen (secondary N) is 1. The quantitative estimate of drug-likeness (QED) is 0.700. The van der Waals surface area contributed by atoms with Gasteiger partial charge in [0.2, 0.25) is 0 Å². The van der Waals surface area contributed by atoms with Crippen LogP contribution in [0.3, 0.4) is 0 Å². The Morgan fingerprint density at radius 1 is 1.24 bits per heavy atom. The van der Waals surface area contributed by atoms with Crippen molar-refractivity contribution in [2.45, 2.75) is 39.2 Å². The van der Waals surface area contributed by atoms with Gasteiger partial charge < -0.3 is 5.32 Å². The molecule has 0 aromatic heterocycles. The van der Waals surface area contributed by atoms with Crippen LogP contribution in [-0.4, -0.2) is 18.6 Å². The van der Waals surface area contributed by atoms with Gasteiger partial charge in [-0.1, -0.05) is 44.5 Å². The normalized spacial score (nSPS) is 12.6. The van der Waals surface area contributed by atoms with E-state index in [4.69, 9.17) is 0 Å². The molecule has 0 spiro atoms. The number of aryl methyl sites for hydroxylation is 1. The van der Waals surface area contributed by atoms with Crippen molar-refractivity contribution in [3.63, 3.8) is 0 Å². The molecule has 0 aliphatic heterocycles.